The second-order valence-corrected chi connectivity index (χ2v) is 7.19. The van der Waals surface area contributed by atoms with Crippen molar-refractivity contribution in [2.75, 3.05) is 27.2 Å². The summed E-state index contributed by atoms with van der Waals surface area (Å²) >= 11 is 12.4. The first-order valence-corrected chi connectivity index (χ1v) is 9.25. The van der Waals surface area contributed by atoms with Gasteiger partial charge < -0.3 is 10.2 Å². The maximum atomic E-state index is 12.8. The molecule has 0 spiro atoms. The second-order valence-electron chi connectivity index (χ2n) is 6.35. The van der Waals surface area contributed by atoms with Crippen LogP contribution in [0.15, 0.2) is 54.6 Å². The van der Waals surface area contributed by atoms with Crippen molar-refractivity contribution < 1.29 is 4.79 Å². The molecule has 0 atom stereocenters. The Morgan fingerprint density at radius 1 is 1.11 bits per heavy atom. The first-order chi connectivity index (χ1) is 13.0. The van der Waals surface area contributed by atoms with Crippen LogP contribution in [0.2, 0.25) is 10.0 Å². The molecule has 3 rings (SSSR count). The van der Waals surface area contributed by atoms with Gasteiger partial charge in [-0.15, -0.1) is 0 Å². The molecule has 0 aliphatic heterocycles. The number of nitrogens with zero attached hydrogens (tertiary/aromatic N) is 3. The number of halogens is 2. The van der Waals surface area contributed by atoms with Gasteiger partial charge in [0.2, 0.25) is 0 Å². The Hall–Kier alpha value is -2.34. The summed E-state index contributed by atoms with van der Waals surface area (Å²) in [5.74, 6) is -0.206. The molecule has 7 heteroatoms. The summed E-state index contributed by atoms with van der Waals surface area (Å²) in [6.45, 7) is 1.28. The van der Waals surface area contributed by atoms with Gasteiger partial charge in [0.1, 0.15) is 5.69 Å². The van der Waals surface area contributed by atoms with Crippen molar-refractivity contribution in [3.05, 3.63) is 70.3 Å². The quantitative estimate of drug-likeness (QED) is 0.673. The molecule has 140 valence electrons. The van der Waals surface area contributed by atoms with E-state index >= 15 is 0 Å². The number of nitrogens with one attached hydrogen (secondary N) is 1. The van der Waals surface area contributed by atoms with Crippen molar-refractivity contribution in [3.63, 3.8) is 0 Å². The van der Waals surface area contributed by atoms with E-state index in [4.69, 9.17) is 23.2 Å². The largest absolute Gasteiger partial charge is 0.349 e. The molecule has 5 nitrogen and oxygen atoms in total. The number of benzene rings is 2. The molecule has 0 unspecified atom stereocenters. The Morgan fingerprint density at radius 2 is 1.89 bits per heavy atom. The number of carbonyl (C=O) groups is 1. The summed E-state index contributed by atoms with van der Waals surface area (Å²) in [6.07, 6.45) is 0. The smallest absolute Gasteiger partial charge is 0.270 e. The predicted octanol–water partition coefficient (Wildman–Crippen LogP) is 4.14. The maximum Gasteiger partial charge on any atom is 0.270 e. The van der Waals surface area contributed by atoms with Crippen molar-refractivity contribution in [1.82, 2.24) is 20.0 Å². The molecule has 1 N–H and O–H groups in total. The fraction of sp³-hybridized carbons (Fsp3) is 0.200. The van der Waals surface area contributed by atoms with Gasteiger partial charge in [-0.3, -0.25) is 4.79 Å². The van der Waals surface area contributed by atoms with Gasteiger partial charge in [0.25, 0.3) is 5.91 Å². The summed E-state index contributed by atoms with van der Waals surface area (Å²) in [4.78, 5) is 14.8. The van der Waals surface area contributed by atoms with Gasteiger partial charge in [0.05, 0.1) is 16.4 Å². The minimum atomic E-state index is -0.206. The van der Waals surface area contributed by atoms with E-state index in [0.717, 1.165) is 12.1 Å². The Labute approximate surface area is 168 Å². The van der Waals surface area contributed by atoms with Gasteiger partial charge in [0.15, 0.2) is 0 Å². The van der Waals surface area contributed by atoms with Gasteiger partial charge in [0, 0.05) is 23.7 Å². The SMILES string of the molecule is CN(C)CCNC(=O)c1cc(-c2ccccc2Cl)nn1-c1cccc(Cl)c1. The van der Waals surface area contributed by atoms with Crippen molar-refractivity contribution in [3.8, 4) is 16.9 Å². The van der Waals surface area contributed by atoms with E-state index in [1.165, 1.54) is 0 Å². The predicted molar refractivity (Wildman–Crippen MR) is 110 cm³/mol. The fourth-order valence-electron chi connectivity index (χ4n) is 2.63. The molecule has 0 saturated heterocycles. The molecule has 0 radical (unpaired) electrons. The normalized spacial score (nSPS) is 11.0. The highest BCUT2D eigenvalue weighted by atomic mass is 35.5. The minimum Gasteiger partial charge on any atom is -0.349 e. The standard InChI is InChI=1S/C20H20Cl2N4O/c1-25(2)11-10-23-20(27)19-13-18(16-8-3-4-9-17(16)22)24-26(19)15-7-5-6-14(21)12-15/h3-9,12-13H,10-11H2,1-2H3,(H,23,27). The highest BCUT2D eigenvalue weighted by Crippen LogP contribution is 2.28. The van der Waals surface area contributed by atoms with Crippen LogP contribution in [0.25, 0.3) is 16.9 Å². The van der Waals surface area contributed by atoms with Gasteiger partial charge in [-0.1, -0.05) is 47.5 Å². The van der Waals surface area contributed by atoms with E-state index in [0.29, 0.717) is 33.7 Å². The van der Waals surface area contributed by atoms with Gasteiger partial charge in [-0.2, -0.15) is 5.10 Å². The third kappa shape index (κ3) is 4.69. The Bertz CT molecular complexity index is 953. The van der Waals surface area contributed by atoms with Crippen LogP contribution in [0, 0.1) is 0 Å². The number of hydrogen-bond donors (Lipinski definition) is 1. The molecular formula is C20H20Cl2N4O. The lowest BCUT2D eigenvalue weighted by molar-refractivity contribution is 0.0943. The molecule has 1 amide bonds. The lowest BCUT2D eigenvalue weighted by Crippen LogP contribution is -2.32. The minimum absolute atomic E-state index is 0.206. The molecule has 27 heavy (non-hydrogen) atoms. The molecule has 3 aromatic rings. The van der Waals surface area contributed by atoms with Crippen molar-refractivity contribution in [2.24, 2.45) is 0 Å². The van der Waals surface area contributed by atoms with Crippen LogP contribution in [0.4, 0.5) is 0 Å². The van der Waals surface area contributed by atoms with E-state index in [2.05, 4.69) is 10.4 Å². The fourth-order valence-corrected chi connectivity index (χ4v) is 3.05. The third-order valence-electron chi connectivity index (χ3n) is 3.99. The molecular weight excluding hydrogens is 383 g/mol. The molecule has 1 heterocycles. The van der Waals surface area contributed by atoms with Crippen LogP contribution in [0.3, 0.4) is 0 Å². The molecule has 0 aliphatic rings. The van der Waals surface area contributed by atoms with Crippen LogP contribution in [0.5, 0.6) is 0 Å². The molecule has 1 aromatic heterocycles. The maximum absolute atomic E-state index is 12.8. The van der Waals surface area contributed by atoms with Crippen LogP contribution in [-0.4, -0.2) is 47.8 Å². The monoisotopic (exact) mass is 402 g/mol. The summed E-state index contributed by atoms with van der Waals surface area (Å²) < 4.78 is 1.59. The molecule has 2 aromatic carbocycles. The first kappa shape index (κ1) is 19.4. The zero-order valence-electron chi connectivity index (χ0n) is 15.1. The highest BCUT2D eigenvalue weighted by molar-refractivity contribution is 6.33. The third-order valence-corrected chi connectivity index (χ3v) is 4.55. The van der Waals surface area contributed by atoms with E-state index in [1.807, 2.05) is 49.3 Å². The van der Waals surface area contributed by atoms with E-state index in [1.54, 1.807) is 28.9 Å². The average Bonchev–Trinajstić information content (AvgIpc) is 3.07. The number of amides is 1. The summed E-state index contributed by atoms with van der Waals surface area (Å²) in [6, 6.07) is 16.4. The second kappa shape index (κ2) is 8.57. The van der Waals surface area contributed by atoms with Gasteiger partial charge >= 0.3 is 0 Å². The number of rotatable bonds is 6. The number of likely N-dealkylation sites (N-methyl/N-ethyl adjacent to an activating group) is 1. The van der Waals surface area contributed by atoms with Gasteiger partial charge in [-0.05, 0) is 44.4 Å². The number of carbonyl (C=O) groups excluding carboxylic acids is 1. The van der Waals surface area contributed by atoms with Crippen LogP contribution in [-0.2, 0) is 0 Å². The first-order valence-electron chi connectivity index (χ1n) is 8.49. The average molecular weight is 403 g/mol. The van der Waals surface area contributed by atoms with Crippen LogP contribution < -0.4 is 5.32 Å². The molecule has 0 fully saturated rings. The summed E-state index contributed by atoms with van der Waals surface area (Å²) in [7, 11) is 3.91. The Balaban J connectivity index is 2.02. The van der Waals surface area contributed by atoms with E-state index in [-0.39, 0.29) is 5.91 Å². The number of aromatic nitrogens is 2. The molecule has 0 saturated carbocycles. The highest BCUT2D eigenvalue weighted by Gasteiger charge is 2.18. The van der Waals surface area contributed by atoms with E-state index < -0.39 is 0 Å². The van der Waals surface area contributed by atoms with Crippen LogP contribution >= 0.6 is 23.2 Å². The van der Waals surface area contributed by atoms with E-state index in [9.17, 15) is 4.79 Å². The lowest BCUT2D eigenvalue weighted by atomic mass is 10.1. The van der Waals surface area contributed by atoms with Gasteiger partial charge in [-0.25, -0.2) is 4.68 Å². The number of hydrogen-bond acceptors (Lipinski definition) is 3. The zero-order chi connectivity index (χ0) is 19.4. The summed E-state index contributed by atoms with van der Waals surface area (Å²) in [5, 5.41) is 8.69. The lowest BCUT2D eigenvalue weighted by Gasteiger charge is -2.11. The van der Waals surface area contributed by atoms with Crippen LogP contribution in [0.1, 0.15) is 10.5 Å². The Morgan fingerprint density at radius 3 is 2.59 bits per heavy atom. The van der Waals surface area contributed by atoms with Crippen molar-refractivity contribution in [1.29, 1.82) is 0 Å². The molecule has 0 bridgehead atoms. The van der Waals surface area contributed by atoms with Crippen molar-refractivity contribution in [2.45, 2.75) is 0 Å². The molecule has 0 aliphatic carbocycles. The Kier molecular flexibility index (Phi) is 6.16. The topological polar surface area (TPSA) is 50.2 Å². The zero-order valence-corrected chi connectivity index (χ0v) is 16.6. The van der Waals surface area contributed by atoms with Crippen molar-refractivity contribution >= 4 is 29.1 Å². The summed E-state index contributed by atoms with van der Waals surface area (Å²) in [5.41, 5.74) is 2.52.